The van der Waals surface area contributed by atoms with Gasteiger partial charge < -0.3 is 4.43 Å². The predicted molar refractivity (Wildman–Crippen MR) is 108 cm³/mol. The van der Waals surface area contributed by atoms with Crippen LogP contribution in [-0.4, -0.2) is 8.32 Å². The summed E-state index contributed by atoms with van der Waals surface area (Å²) in [6.07, 6.45) is 4.82. The molecule has 0 heterocycles. The van der Waals surface area contributed by atoms with Crippen molar-refractivity contribution in [2.24, 2.45) is 0 Å². The minimum atomic E-state index is -1.82. The molecule has 0 saturated carbocycles. The number of aryl methyl sites for hydroxylation is 1. The summed E-state index contributed by atoms with van der Waals surface area (Å²) in [6.45, 7) is 15.8. The van der Waals surface area contributed by atoms with Gasteiger partial charge in [-0.2, -0.15) is 0 Å². The Morgan fingerprint density at radius 3 is 2.18 bits per heavy atom. The second kappa shape index (κ2) is 7.85. The van der Waals surface area contributed by atoms with Crippen molar-refractivity contribution in [2.75, 3.05) is 0 Å². The first kappa shape index (κ1) is 20.2. The highest BCUT2D eigenvalue weighted by molar-refractivity contribution is 9.11. The molecule has 22 heavy (non-hydrogen) atoms. The predicted octanol–water partition coefficient (Wildman–Crippen LogP) is 7.64. The second-order valence-electron chi connectivity index (χ2n) is 7.62. The van der Waals surface area contributed by atoms with Crippen molar-refractivity contribution in [2.45, 2.75) is 78.4 Å². The van der Waals surface area contributed by atoms with Crippen molar-refractivity contribution in [1.29, 1.82) is 0 Å². The maximum atomic E-state index is 6.55. The van der Waals surface area contributed by atoms with Crippen LogP contribution in [0.15, 0.2) is 15.0 Å². The lowest BCUT2D eigenvalue weighted by Crippen LogP contribution is -2.44. The Balaban J connectivity index is 3.16. The summed E-state index contributed by atoms with van der Waals surface area (Å²) in [5, 5.41) is 0.204. The van der Waals surface area contributed by atoms with Crippen LogP contribution in [0.1, 0.15) is 58.1 Å². The maximum absolute atomic E-state index is 6.55. The quantitative estimate of drug-likeness (QED) is 0.320. The molecule has 0 fully saturated rings. The van der Waals surface area contributed by atoms with E-state index in [9.17, 15) is 0 Å². The Kier molecular flexibility index (Phi) is 7.22. The zero-order chi connectivity index (χ0) is 17.1. The minimum Gasteiger partial charge on any atom is -0.543 e. The molecule has 4 heteroatoms. The summed E-state index contributed by atoms with van der Waals surface area (Å²) in [6, 6.07) is 2.16. The summed E-state index contributed by atoms with van der Waals surface area (Å²) in [4.78, 5) is 0. The second-order valence-corrected chi connectivity index (χ2v) is 13.9. The lowest BCUT2D eigenvalue weighted by molar-refractivity contribution is 0.488. The highest BCUT2D eigenvalue weighted by Crippen LogP contribution is 2.42. The van der Waals surface area contributed by atoms with Gasteiger partial charge in [0.05, 0.1) is 4.47 Å². The van der Waals surface area contributed by atoms with Gasteiger partial charge in [-0.15, -0.1) is 0 Å². The van der Waals surface area contributed by atoms with E-state index in [4.69, 9.17) is 4.43 Å². The number of hydrogen-bond acceptors (Lipinski definition) is 1. The van der Waals surface area contributed by atoms with E-state index in [0.29, 0.717) is 0 Å². The Labute approximate surface area is 154 Å². The number of halogens is 2. The summed E-state index contributed by atoms with van der Waals surface area (Å²) in [5.74, 6) is 1.01. The Morgan fingerprint density at radius 1 is 1.09 bits per heavy atom. The molecule has 0 amide bonds. The molecular formula is C18H30Br2OSi. The molecule has 1 nitrogen and oxygen atoms in total. The van der Waals surface area contributed by atoms with Gasteiger partial charge in [0, 0.05) is 4.47 Å². The van der Waals surface area contributed by atoms with Crippen molar-refractivity contribution in [3.8, 4) is 5.75 Å². The van der Waals surface area contributed by atoms with Crippen molar-refractivity contribution >= 4 is 40.2 Å². The fraction of sp³-hybridized carbons (Fsp3) is 0.667. The Morgan fingerprint density at radius 2 is 1.68 bits per heavy atom. The van der Waals surface area contributed by atoms with E-state index in [-0.39, 0.29) is 5.04 Å². The first-order valence-electron chi connectivity index (χ1n) is 8.17. The first-order valence-corrected chi connectivity index (χ1v) is 12.7. The third-order valence-electron chi connectivity index (χ3n) is 4.64. The Hall–Kier alpha value is 0.197. The summed E-state index contributed by atoms with van der Waals surface area (Å²) in [7, 11) is -1.82. The van der Waals surface area contributed by atoms with Gasteiger partial charge in [-0.3, -0.25) is 0 Å². The smallest absolute Gasteiger partial charge is 0.250 e. The van der Waals surface area contributed by atoms with Crippen LogP contribution in [-0.2, 0) is 6.42 Å². The molecule has 126 valence electrons. The van der Waals surface area contributed by atoms with Gasteiger partial charge in [-0.1, -0.05) is 56.5 Å². The molecule has 1 aromatic rings. The van der Waals surface area contributed by atoms with Gasteiger partial charge in [-0.25, -0.2) is 0 Å². The first-order chi connectivity index (χ1) is 10.0. The average Bonchev–Trinajstić information content (AvgIpc) is 2.38. The molecule has 0 atom stereocenters. The fourth-order valence-corrected chi connectivity index (χ4v) is 4.62. The van der Waals surface area contributed by atoms with E-state index in [1.165, 1.54) is 34.9 Å². The van der Waals surface area contributed by atoms with E-state index < -0.39 is 8.32 Å². The molecule has 1 rings (SSSR count). The molecule has 0 unspecified atom stereocenters. The van der Waals surface area contributed by atoms with E-state index in [1.807, 2.05) is 0 Å². The third kappa shape index (κ3) is 4.84. The number of benzene rings is 1. The molecule has 0 spiro atoms. The molecule has 0 aliphatic carbocycles. The Bertz CT molecular complexity index is 519. The number of rotatable bonds is 6. The molecule has 0 aliphatic heterocycles. The van der Waals surface area contributed by atoms with Gasteiger partial charge in [0.1, 0.15) is 5.75 Å². The molecular weight excluding hydrogens is 420 g/mol. The molecule has 0 aromatic heterocycles. The van der Waals surface area contributed by atoms with Crippen molar-refractivity contribution in [1.82, 2.24) is 0 Å². The van der Waals surface area contributed by atoms with Crippen LogP contribution in [0.5, 0.6) is 5.75 Å². The summed E-state index contributed by atoms with van der Waals surface area (Å²) in [5.41, 5.74) is 2.60. The molecule has 0 N–H and O–H groups in total. The monoisotopic (exact) mass is 448 g/mol. The summed E-state index contributed by atoms with van der Waals surface area (Å²) >= 11 is 7.57. The van der Waals surface area contributed by atoms with Crippen LogP contribution < -0.4 is 4.43 Å². The molecule has 0 radical (unpaired) electrons. The van der Waals surface area contributed by atoms with E-state index >= 15 is 0 Å². The van der Waals surface area contributed by atoms with Crippen LogP contribution >= 0.6 is 31.9 Å². The van der Waals surface area contributed by atoms with Gasteiger partial charge in [0.15, 0.2) is 0 Å². The minimum absolute atomic E-state index is 0.204. The van der Waals surface area contributed by atoms with Crippen LogP contribution in [0.25, 0.3) is 0 Å². The van der Waals surface area contributed by atoms with Crippen LogP contribution in [0.3, 0.4) is 0 Å². The van der Waals surface area contributed by atoms with E-state index in [2.05, 4.69) is 85.6 Å². The highest BCUT2D eigenvalue weighted by Gasteiger charge is 2.39. The zero-order valence-corrected chi connectivity index (χ0v) is 19.2. The van der Waals surface area contributed by atoms with Gasteiger partial charge in [-0.05, 0) is 71.0 Å². The lowest BCUT2D eigenvalue weighted by Gasteiger charge is -2.37. The van der Waals surface area contributed by atoms with Gasteiger partial charge in [0.2, 0.25) is 0 Å². The van der Waals surface area contributed by atoms with Gasteiger partial charge >= 0.3 is 0 Å². The highest BCUT2D eigenvalue weighted by atomic mass is 79.9. The van der Waals surface area contributed by atoms with Crippen LogP contribution in [0, 0.1) is 6.92 Å². The molecule has 1 aromatic carbocycles. The normalized spacial score (nSPS) is 12.6. The van der Waals surface area contributed by atoms with E-state index in [0.717, 1.165) is 16.6 Å². The lowest BCUT2D eigenvalue weighted by atomic mass is 10.0. The van der Waals surface area contributed by atoms with E-state index in [1.54, 1.807) is 0 Å². The largest absolute Gasteiger partial charge is 0.543 e. The maximum Gasteiger partial charge on any atom is 0.250 e. The van der Waals surface area contributed by atoms with Gasteiger partial charge in [0.25, 0.3) is 8.32 Å². The van der Waals surface area contributed by atoms with Crippen LogP contribution in [0.2, 0.25) is 18.1 Å². The number of hydrogen-bond donors (Lipinski definition) is 0. The van der Waals surface area contributed by atoms with Crippen LogP contribution in [0.4, 0.5) is 0 Å². The fourth-order valence-electron chi connectivity index (χ4n) is 2.08. The molecule has 0 saturated heterocycles. The third-order valence-corrected chi connectivity index (χ3v) is 11.0. The molecule has 0 bridgehead atoms. The number of unbranched alkanes of at least 4 members (excludes halogenated alkanes) is 2. The van der Waals surface area contributed by atoms with Crippen molar-refractivity contribution < 1.29 is 4.43 Å². The standard InChI is InChI=1S/C18H30Br2OSi/c1-8-9-10-11-14-16(19)13(2)12-15(17(14)20)21-22(6,7)18(3,4)5/h12H,8-11H2,1-7H3. The average molecular weight is 450 g/mol. The zero-order valence-electron chi connectivity index (χ0n) is 15.1. The van der Waals surface area contributed by atoms with Crippen molar-refractivity contribution in [3.05, 3.63) is 26.1 Å². The van der Waals surface area contributed by atoms with Crippen molar-refractivity contribution in [3.63, 3.8) is 0 Å². The summed E-state index contributed by atoms with van der Waals surface area (Å²) < 4.78 is 8.90. The SMILES string of the molecule is CCCCCc1c(Br)c(C)cc(O[Si](C)(C)C(C)(C)C)c1Br. The topological polar surface area (TPSA) is 9.23 Å². The molecule has 0 aliphatic rings.